The Bertz CT molecular complexity index is 569. The zero-order valence-electron chi connectivity index (χ0n) is 25.8. The van der Waals surface area contributed by atoms with Gasteiger partial charge in [-0.15, -0.1) is 25.2 Å². The Labute approximate surface area is 294 Å². The normalized spacial score (nSPS) is 25.9. The van der Waals surface area contributed by atoms with Crippen LogP contribution in [0, 0.1) is 0 Å². The Morgan fingerprint density at radius 2 is 0.854 bits per heavy atom. The van der Waals surface area contributed by atoms with Crippen LogP contribution in [0.3, 0.4) is 0 Å². The fourth-order valence-corrected chi connectivity index (χ4v) is 7.28. The molecule has 4 aliphatic carbocycles. The molecule has 0 bridgehead atoms. The molecule has 0 amide bonds. The molecule has 0 aromatic carbocycles. The van der Waals surface area contributed by atoms with Crippen LogP contribution in [0.15, 0.2) is 23.9 Å². The van der Waals surface area contributed by atoms with Gasteiger partial charge in [0.05, 0.1) is 0 Å². The van der Waals surface area contributed by atoms with Crippen molar-refractivity contribution in [2.24, 2.45) is 0 Å². The van der Waals surface area contributed by atoms with Crippen LogP contribution >= 0.6 is 0 Å². The molecule has 4 saturated carbocycles. The van der Waals surface area contributed by atoms with Gasteiger partial charge in [0.2, 0.25) is 0 Å². The molecule has 2 aliphatic heterocycles. The van der Waals surface area contributed by atoms with Gasteiger partial charge in [0.15, 0.2) is 0 Å². The van der Waals surface area contributed by atoms with Crippen molar-refractivity contribution in [3.05, 3.63) is 34.6 Å². The third kappa shape index (κ3) is 22.6. The number of allylic oxidation sites excluding steroid dienone is 2. The van der Waals surface area contributed by atoms with Crippen molar-refractivity contribution in [1.82, 2.24) is 0 Å². The van der Waals surface area contributed by atoms with E-state index in [4.69, 9.17) is 50.5 Å². The number of piperidine rings is 1. The first-order valence-corrected chi connectivity index (χ1v) is 18.8. The molecule has 2 nitrogen and oxygen atoms in total. The van der Waals surface area contributed by atoms with E-state index in [1.165, 1.54) is 153 Å². The van der Waals surface area contributed by atoms with Crippen LogP contribution in [-0.4, -0.2) is 64.0 Å². The summed E-state index contributed by atoms with van der Waals surface area (Å²) >= 11 is 20.4. The van der Waals surface area contributed by atoms with Gasteiger partial charge in [-0.2, -0.15) is 26.7 Å². The summed E-state index contributed by atoms with van der Waals surface area (Å²) in [7, 11) is 0. The number of hydrogen-bond donors (Lipinski definition) is 0. The molecule has 41 heavy (non-hydrogen) atoms. The Morgan fingerprint density at radius 1 is 0.488 bits per heavy atom. The van der Waals surface area contributed by atoms with E-state index in [9.17, 15) is 0 Å². The Hall–Kier alpha value is 1.44. The Kier molecular flexibility index (Phi) is 27.4. The SMILES string of the molecule is C1=CC[N-]C(C2CCCC[N-]2)=C1.[S-]C1CCCCC1.[S-]C1CCCCC1.[S-]C1CCCCC1.[S-]C1CCCCC1.[Sn]. The standard InChI is InChI=1S/C10H14N2.4C6H12S.Sn/c1-3-7-11-9(5-1)10-6-2-4-8-12-10;4*7-6-4-2-1-3-5-6;/h1,3,5,10H,2,4,6-8H2;4*6-7H,1-5H2;/q-2;;;;;/p-4. The van der Waals surface area contributed by atoms with E-state index >= 15 is 0 Å². The first-order valence-electron chi connectivity index (χ1n) is 16.9. The van der Waals surface area contributed by atoms with Crippen molar-refractivity contribution < 1.29 is 0 Å². The third-order valence-corrected chi connectivity index (χ3v) is 10.5. The Morgan fingerprint density at radius 3 is 1.10 bits per heavy atom. The second-order valence-corrected chi connectivity index (χ2v) is 15.0. The summed E-state index contributed by atoms with van der Waals surface area (Å²) in [5.41, 5.74) is 1.19. The molecule has 0 spiro atoms. The van der Waals surface area contributed by atoms with Crippen LogP contribution in [0.25, 0.3) is 10.6 Å². The van der Waals surface area contributed by atoms with Crippen LogP contribution in [0.1, 0.15) is 148 Å². The fourth-order valence-electron chi connectivity index (χ4n) is 5.94. The minimum absolute atomic E-state index is 0. The average Bonchev–Trinajstić information content (AvgIpc) is 3.01. The average molecular weight is 742 g/mol. The minimum Gasteiger partial charge on any atom is -0.789 e. The van der Waals surface area contributed by atoms with Crippen molar-refractivity contribution >= 4 is 74.4 Å². The second-order valence-electron chi connectivity index (χ2n) is 12.3. The molecule has 0 aromatic heterocycles. The summed E-state index contributed by atoms with van der Waals surface area (Å²) in [4.78, 5) is 0. The van der Waals surface area contributed by atoms with Gasteiger partial charge in [0.25, 0.3) is 0 Å². The van der Waals surface area contributed by atoms with E-state index in [2.05, 4.69) is 28.9 Å². The van der Waals surface area contributed by atoms with Crippen LogP contribution in [-0.2, 0) is 50.5 Å². The van der Waals surface area contributed by atoms with E-state index in [1.807, 2.05) is 0 Å². The summed E-state index contributed by atoms with van der Waals surface area (Å²) in [6.45, 7) is 1.87. The van der Waals surface area contributed by atoms with E-state index in [-0.39, 0.29) is 23.9 Å². The van der Waals surface area contributed by atoms with Crippen LogP contribution in [0.5, 0.6) is 0 Å². The first kappa shape index (κ1) is 40.5. The molecule has 1 unspecified atom stereocenters. The molecule has 6 rings (SSSR count). The summed E-state index contributed by atoms with van der Waals surface area (Å²) in [5, 5.41) is 11.5. The minimum atomic E-state index is 0. The monoisotopic (exact) mass is 742 g/mol. The van der Waals surface area contributed by atoms with E-state index in [1.54, 1.807) is 0 Å². The topological polar surface area (TPSA) is 28.2 Å². The summed E-state index contributed by atoms with van der Waals surface area (Å²) in [5.74, 6) is 0. The number of nitrogens with zero attached hydrogens (tertiary/aromatic N) is 2. The molecule has 5 fully saturated rings. The van der Waals surface area contributed by atoms with Crippen LogP contribution in [0.2, 0.25) is 0 Å². The maximum atomic E-state index is 5.09. The van der Waals surface area contributed by atoms with E-state index in [0.29, 0.717) is 27.0 Å². The van der Waals surface area contributed by atoms with Crippen molar-refractivity contribution in [3.8, 4) is 0 Å². The predicted octanol–water partition coefficient (Wildman–Crippen LogP) is 9.82. The molecule has 238 valence electrons. The van der Waals surface area contributed by atoms with Gasteiger partial charge < -0.3 is 61.1 Å². The zero-order valence-corrected chi connectivity index (χ0v) is 31.9. The van der Waals surface area contributed by atoms with Gasteiger partial charge in [0.1, 0.15) is 0 Å². The molecule has 0 aromatic rings. The second kappa shape index (κ2) is 27.7. The maximum Gasteiger partial charge on any atom is 0 e. The maximum absolute atomic E-state index is 5.09. The summed E-state index contributed by atoms with van der Waals surface area (Å²) < 4.78 is 0. The van der Waals surface area contributed by atoms with Crippen molar-refractivity contribution in [3.63, 3.8) is 0 Å². The molecule has 6 aliphatic rings. The van der Waals surface area contributed by atoms with E-state index in [0.717, 1.165) is 13.1 Å². The molecule has 1 atom stereocenters. The zero-order chi connectivity index (χ0) is 28.7. The molecule has 2 heterocycles. The van der Waals surface area contributed by atoms with Crippen molar-refractivity contribution in [1.29, 1.82) is 0 Å². The third-order valence-electron chi connectivity index (χ3n) is 8.57. The predicted molar refractivity (Wildman–Crippen MR) is 194 cm³/mol. The fraction of sp³-hybridized carbons (Fsp3) is 0.882. The largest absolute Gasteiger partial charge is 0.789 e. The molecule has 7 heteroatoms. The van der Waals surface area contributed by atoms with Gasteiger partial charge in [-0.3, -0.25) is 0 Å². The number of hydrogen-bond acceptors (Lipinski definition) is 4. The molecule has 1 saturated heterocycles. The first-order chi connectivity index (χ1) is 19.5. The van der Waals surface area contributed by atoms with Gasteiger partial charge in [-0.1, -0.05) is 160 Å². The van der Waals surface area contributed by atoms with Gasteiger partial charge >= 0.3 is 0 Å². The van der Waals surface area contributed by atoms with Gasteiger partial charge in [0, 0.05) is 23.9 Å². The summed E-state index contributed by atoms with van der Waals surface area (Å²) in [6.07, 6.45) is 37.2. The van der Waals surface area contributed by atoms with Gasteiger partial charge in [-0.25, -0.2) is 0 Å². The molecule has 4 radical (unpaired) electrons. The summed E-state index contributed by atoms with van der Waals surface area (Å²) in [6, 6.07) is 0.406. The molecular formula is C34H58N2S4Sn-6. The van der Waals surface area contributed by atoms with Crippen molar-refractivity contribution in [2.75, 3.05) is 13.1 Å². The molecular weight excluding hydrogens is 683 g/mol. The van der Waals surface area contributed by atoms with Gasteiger partial charge in [-0.05, 0) is 0 Å². The van der Waals surface area contributed by atoms with Crippen LogP contribution in [0.4, 0.5) is 0 Å². The van der Waals surface area contributed by atoms with E-state index < -0.39 is 0 Å². The number of rotatable bonds is 1. The smallest absolute Gasteiger partial charge is 0 e. The van der Waals surface area contributed by atoms with Crippen LogP contribution < -0.4 is 0 Å². The van der Waals surface area contributed by atoms with Crippen molar-refractivity contribution in [2.45, 2.75) is 175 Å². The molecule has 0 N–H and O–H groups in total. The Balaban J connectivity index is 0.000000261. The quantitative estimate of drug-likeness (QED) is 0.198.